The number of rotatable bonds is 5. The molecule has 22 heavy (non-hydrogen) atoms. The molecular weight excluding hydrogens is 298 g/mol. The topological polar surface area (TPSA) is 105 Å². The molecule has 1 aromatic heterocycles. The zero-order chi connectivity index (χ0) is 15.9. The van der Waals surface area contributed by atoms with Crippen molar-refractivity contribution < 1.29 is 4.79 Å². The lowest BCUT2D eigenvalue weighted by Crippen LogP contribution is -2.25. The Morgan fingerprint density at radius 2 is 2.23 bits per heavy atom. The molecule has 0 aliphatic carbocycles. The lowest BCUT2D eigenvalue weighted by molar-refractivity contribution is -0.118. The second kappa shape index (κ2) is 7.43. The van der Waals surface area contributed by atoms with Gasteiger partial charge in [-0.2, -0.15) is 5.26 Å². The lowest BCUT2D eigenvalue weighted by atomic mass is 10.1. The summed E-state index contributed by atoms with van der Waals surface area (Å²) in [6, 6.07) is 9.78. The van der Waals surface area contributed by atoms with E-state index in [0.29, 0.717) is 11.7 Å². The highest BCUT2D eigenvalue weighted by Crippen LogP contribution is 2.15. The molecule has 3 N–H and O–H groups in total. The number of benzene rings is 1. The zero-order valence-electron chi connectivity index (χ0n) is 12.0. The molecule has 0 spiro atoms. The number of aromatic nitrogens is 2. The molecule has 7 heteroatoms. The molecule has 0 saturated carbocycles. The minimum atomic E-state index is -0.111. The average Bonchev–Trinajstić information content (AvgIpc) is 2.52. The maximum Gasteiger partial charge on any atom is 0.230 e. The minimum Gasteiger partial charge on any atom is -0.382 e. The van der Waals surface area contributed by atoms with E-state index in [-0.39, 0.29) is 23.0 Å². The van der Waals surface area contributed by atoms with Crippen molar-refractivity contribution in [2.75, 3.05) is 11.5 Å². The summed E-state index contributed by atoms with van der Waals surface area (Å²) in [5, 5.41) is 12.0. The first-order chi connectivity index (χ1) is 10.6. The van der Waals surface area contributed by atoms with Gasteiger partial charge in [0.1, 0.15) is 17.5 Å². The molecule has 0 radical (unpaired) electrons. The number of hydrogen-bond acceptors (Lipinski definition) is 6. The van der Waals surface area contributed by atoms with Gasteiger partial charge in [-0.3, -0.25) is 4.79 Å². The highest BCUT2D eigenvalue weighted by molar-refractivity contribution is 7.99. The Hall–Kier alpha value is -2.59. The summed E-state index contributed by atoms with van der Waals surface area (Å²) in [7, 11) is 0. The Morgan fingerprint density at radius 1 is 1.45 bits per heavy atom. The van der Waals surface area contributed by atoms with E-state index in [9.17, 15) is 4.79 Å². The first kappa shape index (κ1) is 15.8. The highest BCUT2D eigenvalue weighted by Gasteiger charge is 2.08. The second-order valence-electron chi connectivity index (χ2n) is 4.56. The molecule has 0 unspecified atom stereocenters. The molecule has 1 amide bonds. The third-order valence-corrected chi connectivity index (χ3v) is 3.85. The molecule has 0 fully saturated rings. The van der Waals surface area contributed by atoms with Gasteiger partial charge in [0.15, 0.2) is 5.16 Å². The number of carbonyl (C=O) groups is 1. The number of nitriles is 1. The first-order valence-corrected chi connectivity index (χ1v) is 7.55. The van der Waals surface area contributed by atoms with Crippen LogP contribution in [0, 0.1) is 18.3 Å². The number of nitrogens with two attached hydrogens (primary N) is 1. The number of nitrogen functional groups attached to an aromatic ring is 1. The van der Waals surface area contributed by atoms with E-state index in [0.717, 1.165) is 11.1 Å². The van der Waals surface area contributed by atoms with Gasteiger partial charge < -0.3 is 11.1 Å². The fourth-order valence-electron chi connectivity index (χ4n) is 1.72. The number of nitrogens with zero attached hydrogens (tertiary/aromatic N) is 3. The standard InChI is InChI=1S/C15H15N5OS/c1-10-4-2-3-5-11(10)7-18-13(21)9-22-15-19-8-12(6-16)14(17)20-15/h2-5,8H,7,9H2,1H3,(H,18,21)(H2,17,19,20). The van der Waals surface area contributed by atoms with Gasteiger partial charge in [-0.05, 0) is 18.1 Å². The molecule has 6 nitrogen and oxygen atoms in total. The van der Waals surface area contributed by atoms with Crippen LogP contribution < -0.4 is 11.1 Å². The number of amides is 1. The van der Waals surface area contributed by atoms with E-state index in [4.69, 9.17) is 11.0 Å². The van der Waals surface area contributed by atoms with Crippen LogP contribution in [-0.2, 0) is 11.3 Å². The fraction of sp³-hybridized carbons (Fsp3) is 0.200. The van der Waals surface area contributed by atoms with Gasteiger partial charge in [0.25, 0.3) is 0 Å². The summed E-state index contributed by atoms with van der Waals surface area (Å²) >= 11 is 1.18. The third kappa shape index (κ3) is 4.20. The predicted octanol–water partition coefficient (Wildman–Crippen LogP) is 1.65. The Kier molecular flexibility index (Phi) is 5.33. The number of anilines is 1. The van der Waals surface area contributed by atoms with Gasteiger partial charge in [0, 0.05) is 6.54 Å². The Balaban J connectivity index is 1.84. The van der Waals surface area contributed by atoms with Crippen molar-refractivity contribution >= 4 is 23.5 Å². The first-order valence-electron chi connectivity index (χ1n) is 6.56. The average molecular weight is 313 g/mol. The number of hydrogen-bond donors (Lipinski definition) is 2. The Labute approximate surface area is 132 Å². The molecule has 0 aliphatic heterocycles. The van der Waals surface area contributed by atoms with Crippen molar-refractivity contribution in [3.63, 3.8) is 0 Å². The van der Waals surface area contributed by atoms with Gasteiger partial charge in [0.05, 0.1) is 11.9 Å². The highest BCUT2D eigenvalue weighted by atomic mass is 32.2. The van der Waals surface area contributed by atoms with Crippen molar-refractivity contribution in [1.29, 1.82) is 5.26 Å². The van der Waals surface area contributed by atoms with Crippen LogP contribution in [0.15, 0.2) is 35.6 Å². The Bertz CT molecular complexity index is 726. The summed E-state index contributed by atoms with van der Waals surface area (Å²) < 4.78 is 0. The lowest BCUT2D eigenvalue weighted by Gasteiger charge is -2.07. The van der Waals surface area contributed by atoms with Crippen LogP contribution in [-0.4, -0.2) is 21.6 Å². The number of thioether (sulfide) groups is 1. The summed E-state index contributed by atoms with van der Waals surface area (Å²) in [4.78, 5) is 19.8. The van der Waals surface area contributed by atoms with Gasteiger partial charge in [-0.25, -0.2) is 9.97 Å². The monoisotopic (exact) mass is 313 g/mol. The van der Waals surface area contributed by atoms with E-state index < -0.39 is 0 Å². The van der Waals surface area contributed by atoms with Crippen molar-refractivity contribution in [3.05, 3.63) is 47.2 Å². The molecule has 112 valence electrons. The smallest absolute Gasteiger partial charge is 0.230 e. The molecule has 0 saturated heterocycles. The van der Waals surface area contributed by atoms with Crippen LogP contribution in [0.2, 0.25) is 0 Å². The van der Waals surface area contributed by atoms with Crippen LogP contribution in [0.25, 0.3) is 0 Å². The van der Waals surface area contributed by atoms with Crippen LogP contribution in [0.1, 0.15) is 16.7 Å². The van der Waals surface area contributed by atoms with Crippen molar-refractivity contribution in [3.8, 4) is 6.07 Å². The van der Waals surface area contributed by atoms with Crippen molar-refractivity contribution in [2.24, 2.45) is 0 Å². The van der Waals surface area contributed by atoms with E-state index in [2.05, 4.69) is 15.3 Å². The van der Waals surface area contributed by atoms with E-state index in [1.165, 1.54) is 18.0 Å². The molecule has 2 aromatic rings. The maximum absolute atomic E-state index is 11.8. The molecular formula is C15H15N5OS. The Morgan fingerprint density at radius 3 is 2.91 bits per heavy atom. The van der Waals surface area contributed by atoms with Gasteiger partial charge in [-0.15, -0.1) is 0 Å². The van der Waals surface area contributed by atoms with E-state index >= 15 is 0 Å². The van der Waals surface area contributed by atoms with Crippen LogP contribution in [0.3, 0.4) is 0 Å². The van der Waals surface area contributed by atoms with Crippen LogP contribution in [0.5, 0.6) is 0 Å². The third-order valence-electron chi connectivity index (χ3n) is 2.99. The summed E-state index contributed by atoms with van der Waals surface area (Å²) in [5.74, 6) is 0.206. The molecule has 2 rings (SSSR count). The zero-order valence-corrected chi connectivity index (χ0v) is 12.9. The van der Waals surface area contributed by atoms with Crippen LogP contribution >= 0.6 is 11.8 Å². The van der Waals surface area contributed by atoms with Gasteiger partial charge in [0.2, 0.25) is 5.91 Å². The SMILES string of the molecule is Cc1ccccc1CNC(=O)CSc1ncc(C#N)c(N)n1. The molecule has 1 aromatic carbocycles. The number of nitrogens with one attached hydrogen (secondary N) is 1. The summed E-state index contributed by atoms with van der Waals surface area (Å²) in [6.07, 6.45) is 1.36. The summed E-state index contributed by atoms with van der Waals surface area (Å²) in [5.41, 5.74) is 8.05. The largest absolute Gasteiger partial charge is 0.382 e. The fourth-order valence-corrected chi connectivity index (χ4v) is 2.37. The van der Waals surface area contributed by atoms with Crippen molar-refractivity contribution in [1.82, 2.24) is 15.3 Å². The maximum atomic E-state index is 11.8. The summed E-state index contributed by atoms with van der Waals surface area (Å²) in [6.45, 7) is 2.49. The van der Waals surface area contributed by atoms with Gasteiger partial charge in [-0.1, -0.05) is 36.0 Å². The number of aryl methyl sites for hydroxylation is 1. The normalized spacial score (nSPS) is 10.0. The predicted molar refractivity (Wildman–Crippen MR) is 84.9 cm³/mol. The number of carbonyl (C=O) groups excluding carboxylic acids is 1. The second-order valence-corrected chi connectivity index (χ2v) is 5.50. The molecule has 0 bridgehead atoms. The quantitative estimate of drug-likeness (QED) is 0.642. The molecule has 1 heterocycles. The van der Waals surface area contributed by atoms with Crippen LogP contribution in [0.4, 0.5) is 5.82 Å². The van der Waals surface area contributed by atoms with Crippen molar-refractivity contribution in [2.45, 2.75) is 18.6 Å². The van der Waals surface area contributed by atoms with E-state index in [1.807, 2.05) is 37.3 Å². The molecule has 0 aliphatic rings. The van der Waals surface area contributed by atoms with Gasteiger partial charge >= 0.3 is 0 Å². The molecule has 0 atom stereocenters. The minimum absolute atomic E-state index is 0.111. The van der Waals surface area contributed by atoms with E-state index in [1.54, 1.807) is 0 Å².